The van der Waals surface area contributed by atoms with Crippen LogP contribution >= 0.6 is 15.9 Å². The fraction of sp³-hybridized carbons (Fsp3) is 0.214. The standard InChI is InChI=1S/C14H15BrN2O/c1-11-3-2-4-13(7-11)17-5-6-18-14-8-12(15)9-16-10-14/h2-4,7-10,17H,5-6H2,1H3. The average molecular weight is 307 g/mol. The van der Waals surface area contributed by atoms with Gasteiger partial charge in [-0.05, 0) is 46.6 Å². The molecule has 94 valence electrons. The summed E-state index contributed by atoms with van der Waals surface area (Å²) in [4.78, 5) is 4.04. The first-order valence-electron chi connectivity index (χ1n) is 5.78. The third-order valence-electron chi connectivity index (χ3n) is 2.40. The van der Waals surface area contributed by atoms with Gasteiger partial charge in [0.25, 0.3) is 0 Å². The Morgan fingerprint density at radius 3 is 2.94 bits per heavy atom. The van der Waals surface area contributed by atoms with E-state index in [1.54, 1.807) is 12.4 Å². The molecule has 1 heterocycles. The van der Waals surface area contributed by atoms with Gasteiger partial charge in [-0.3, -0.25) is 4.98 Å². The van der Waals surface area contributed by atoms with Crippen molar-refractivity contribution in [2.75, 3.05) is 18.5 Å². The number of halogens is 1. The van der Waals surface area contributed by atoms with E-state index < -0.39 is 0 Å². The van der Waals surface area contributed by atoms with Gasteiger partial charge < -0.3 is 10.1 Å². The summed E-state index contributed by atoms with van der Waals surface area (Å²) in [6.45, 7) is 3.44. The number of nitrogens with zero attached hydrogens (tertiary/aromatic N) is 1. The summed E-state index contributed by atoms with van der Waals surface area (Å²) < 4.78 is 6.51. The summed E-state index contributed by atoms with van der Waals surface area (Å²) in [5.41, 5.74) is 2.36. The second-order valence-electron chi connectivity index (χ2n) is 3.98. The highest BCUT2D eigenvalue weighted by Gasteiger charge is 1.96. The van der Waals surface area contributed by atoms with Gasteiger partial charge in [-0.15, -0.1) is 0 Å². The molecule has 1 N–H and O–H groups in total. The van der Waals surface area contributed by atoms with Crippen LogP contribution in [-0.2, 0) is 0 Å². The lowest BCUT2D eigenvalue weighted by Crippen LogP contribution is -2.11. The van der Waals surface area contributed by atoms with Crippen molar-refractivity contribution in [1.82, 2.24) is 4.98 Å². The Morgan fingerprint density at radius 2 is 2.17 bits per heavy atom. The normalized spacial score (nSPS) is 10.1. The fourth-order valence-corrected chi connectivity index (χ4v) is 1.93. The van der Waals surface area contributed by atoms with Crippen LogP contribution in [0.4, 0.5) is 5.69 Å². The molecule has 0 saturated carbocycles. The quantitative estimate of drug-likeness (QED) is 0.856. The number of aromatic nitrogens is 1. The molecule has 0 bridgehead atoms. The third-order valence-corrected chi connectivity index (χ3v) is 2.83. The molecule has 0 aliphatic rings. The van der Waals surface area contributed by atoms with E-state index in [0.29, 0.717) is 6.61 Å². The number of benzene rings is 1. The molecule has 0 atom stereocenters. The number of ether oxygens (including phenoxy) is 1. The topological polar surface area (TPSA) is 34.1 Å². The van der Waals surface area contributed by atoms with E-state index in [1.807, 2.05) is 18.2 Å². The number of rotatable bonds is 5. The molecule has 2 aromatic rings. The molecule has 0 spiro atoms. The van der Waals surface area contributed by atoms with Crippen LogP contribution in [-0.4, -0.2) is 18.1 Å². The lowest BCUT2D eigenvalue weighted by Gasteiger charge is -2.09. The van der Waals surface area contributed by atoms with Crippen LogP contribution in [0.25, 0.3) is 0 Å². The molecule has 18 heavy (non-hydrogen) atoms. The van der Waals surface area contributed by atoms with Gasteiger partial charge in [0, 0.05) is 22.9 Å². The minimum absolute atomic E-state index is 0.603. The zero-order valence-electron chi connectivity index (χ0n) is 10.2. The monoisotopic (exact) mass is 306 g/mol. The largest absolute Gasteiger partial charge is 0.490 e. The van der Waals surface area contributed by atoms with Crippen molar-refractivity contribution in [2.24, 2.45) is 0 Å². The van der Waals surface area contributed by atoms with E-state index in [2.05, 4.69) is 45.3 Å². The summed E-state index contributed by atoms with van der Waals surface area (Å²) in [6, 6.07) is 10.2. The molecule has 0 amide bonds. The number of hydrogen-bond donors (Lipinski definition) is 1. The Balaban J connectivity index is 1.76. The molecule has 0 unspecified atom stereocenters. The number of aryl methyl sites for hydroxylation is 1. The minimum atomic E-state index is 0.603. The lowest BCUT2D eigenvalue weighted by atomic mass is 10.2. The van der Waals surface area contributed by atoms with Gasteiger partial charge >= 0.3 is 0 Å². The molecular formula is C14H15BrN2O. The first-order valence-corrected chi connectivity index (χ1v) is 6.57. The van der Waals surface area contributed by atoms with Crippen LogP contribution in [0.5, 0.6) is 5.75 Å². The predicted molar refractivity (Wildman–Crippen MR) is 77.1 cm³/mol. The molecule has 0 aliphatic carbocycles. The smallest absolute Gasteiger partial charge is 0.138 e. The number of nitrogens with one attached hydrogen (secondary N) is 1. The molecule has 0 radical (unpaired) electrons. The Morgan fingerprint density at radius 1 is 1.28 bits per heavy atom. The first kappa shape index (κ1) is 12.9. The van der Waals surface area contributed by atoms with Crippen molar-refractivity contribution >= 4 is 21.6 Å². The molecule has 0 fully saturated rings. The Kier molecular flexibility index (Phi) is 4.59. The van der Waals surface area contributed by atoms with Crippen molar-refractivity contribution in [1.29, 1.82) is 0 Å². The molecule has 0 aliphatic heterocycles. The van der Waals surface area contributed by atoms with Gasteiger partial charge in [0.15, 0.2) is 0 Å². The van der Waals surface area contributed by atoms with Crippen LogP contribution in [0.1, 0.15) is 5.56 Å². The van der Waals surface area contributed by atoms with Gasteiger partial charge in [0.2, 0.25) is 0 Å². The van der Waals surface area contributed by atoms with Crippen molar-refractivity contribution in [3.63, 3.8) is 0 Å². The average Bonchev–Trinajstić information content (AvgIpc) is 2.35. The summed E-state index contributed by atoms with van der Waals surface area (Å²) >= 11 is 3.36. The first-order chi connectivity index (χ1) is 8.74. The fourth-order valence-electron chi connectivity index (χ4n) is 1.59. The zero-order chi connectivity index (χ0) is 12.8. The van der Waals surface area contributed by atoms with Crippen molar-refractivity contribution in [2.45, 2.75) is 6.92 Å². The summed E-state index contributed by atoms with van der Waals surface area (Å²) in [7, 11) is 0. The maximum Gasteiger partial charge on any atom is 0.138 e. The van der Waals surface area contributed by atoms with E-state index in [0.717, 1.165) is 22.5 Å². The van der Waals surface area contributed by atoms with Crippen LogP contribution in [0, 0.1) is 6.92 Å². The Bertz CT molecular complexity index is 469. The van der Waals surface area contributed by atoms with Crippen LogP contribution in [0.2, 0.25) is 0 Å². The van der Waals surface area contributed by atoms with E-state index in [9.17, 15) is 0 Å². The molecule has 4 heteroatoms. The van der Waals surface area contributed by atoms with Gasteiger partial charge in [-0.1, -0.05) is 12.1 Å². The molecule has 1 aromatic heterocycles. The highest BCUT2D eigenvalue weighted by molar-refractivity contribution is 9.10. The predicted octanol–water partition coefficient (Wildman–Crippen LogP) is 3.64. The maximum atomic E-state index is 5.58. The molecule has 1 aromatic carbocycles. The van der Waals surface area contributed by atoms with Crippen molar-refractivity contribution in [3.05, 3.63) is 52.8 Å². The van der Waals surface area contributed by atoms with Crippen molar-refractivity contribution < 1.29 is 4.74 Å². The van der Waals surface area contributed by atoms with E-state index >= 15 is 0 Å². The van der Waals surface area contributed by atoms with E-state index in [4.69, 9.17) is 4.74 Å². The SMILES string of the molecule is Cc1cccc(NCCOc2cncc(Br)c2)c1. The summed E-state index contributed by atoms with van der Waals surface area (Å²) in [6.07, 6.45) is 3.44. The van der Waals surface area contributed by atoms with Crippen LogP contribution in [0.3, 0.4) is 0 Å². The second-order valence-corrected chi connectivity index (χ2v) is 4.90. The second kappa shape index (κ2) is 6.40. The molecule has 0 saturated heterocycles. The Labute approximate surface area is 115 Å². The number of hydrogen-bond acceptors (Lipinski definition) is 3. The summed E-state index contributed by atoms with van der Waals surface area (Å²) in [5.74, 6) is 0.774. The lowest BCUT2D eigenvalue weighted by molar-refractivity contribution is 0.331. The third kappa shape index (κ3) is 4.04. The highest BCUT2D eigenvalue weighted by Crippen LogP contribution is 2.15. The Hall–Kier alpha value is -1.55. The molecule has 2 rings (SSSR count). The number of pyridine rings is 1. The van der Waals surface area contributed by atoms with Crippen molar-refractivity contribution in [3.8, 4) is 5.75 Å². The zero-order valence-corrected chi connectivity index (χ0v) is 11.8. The van der Waals surface area contributed by atoms with Gasteiger partial charge in [-0.2, -0.15) is 0 Å². The molecular weight excluding hydrogens is 292 g/mol. The van der Waals surface area contributed by atoms with E-state index in [1.165, 1.54) is 5.56 Å². The highest BCUT2D eigenvalue weighted by atomic mass is 79.9. The molecule has 3 nitrogen and oxygen atoms in total. The summed E-state index contributed by atoms with van der Waals surface area (Å²) in [5, 5.41) is 3.31. The van der Waals surface area contributed by atoms with E-state index in [-0.39, 0.29) is 0 Å². The minimum Gasteiger partial charge on any atom is -0.490 e. The van der Waals surface area contributed by atoms with Crippen LogP contribution in [0.15, 0.2) is 47.2 Å². The number of anilines is 1. The van der Waals surface area contributed by atoms with Gasteiger partial charge in [0.1, 0.15) is 12.4 Å². The van der Waals surface area contributed by atoms with Crippen LogP contribution < -0.4 is 10.1 Å². The van der Waals surface area contributed by atoms with Gasteiger partial charge in [-0.25, -0.2) is 0 Å². The maximum absolute atomic E-state index is 5.58. The van der Waals surface area contributed by atoms with Gasteiger partial charge in [0.05, 0.1) is 6.20 Å².